The number of carbonyl (C=O) groups is 1. The first-order valence-corrected chi connectivity index (χ1v) is 7.86. The zero-order valence-corrected chi connectivity index (χ0v) is 13.8. The van der Waals surface area contributed by atoms with Crippen LogP contribution in [0, 0.1) is 6.92 Å². The van der Waals surface area contributed by atoms with Crippen LogP contribution in [0.2, 0.25) is 0 Å². The number of aryl methyl sites for hydroxylation is 1. The Hall–Kier alpha value is -3.35. The number of nitrogens with one attached hydrogen (secondary N) is 2. The van der Waals surface area contributed by atoms with Crippen molar-refractivity contribution in [2.45, 2.75) is 20.0 Å². The number of aromatic nitrogens is 4. The molecule has 3 aromatic rings. The molecule has 0 fully saturated rings. The molecule has 3 rings (SSSR count). The number of nitrogens with zero attached hydrogens (tertiary/aromatic N) is 4. The maximum absolute atomic E-state index is 12.3. The minimum Gasteiger partial charge on any atom is -0.366 e. The minimum atomic E-state index is -0.244. The van der Waals surface area contributed by atoms with Crippen LogP contribution >= 0.6 is 0 Å². The molecule has 126 valence electrons. The molecule has 25 heavy (non-hydrogen) atoms. The number of pyridine rings is 2. The molecule has 7 heteroatoms. The van der Waals surface area contributed by atoms with Crippen molar-refractivity contribution in [1.82, 2.24) is 25.3 Å². The predicted molar refractivity (Wildman–Crippen MR) is 93.7 cm³/mol. The minimum absolute atomic E-state index is 0.244. The predicted octanol–water partition coefficient (Wildman–Crippen LogP) is 2.12. The van der Waals surface area contributed by atoms with Crippen molar-refractivity contribution in [2.24, 2.45) is 0 Å². The molecule has 0 aliphatic rings. The Kier molecular flexibility index (Phi) is 5.26. The van der Waals surface area contributed by atoms with Gasteiger partial charge in [0.1, 0.15) is 17.3 Å². The first kappa shape index (κ1) is 16.5. The highest BCUT2D eigenvalue weighted by atomic mass is 16.1. The summed E-state index contributed by atoms with van der Waals surface area (Å²) in [7, 11) is 0. The highest BCUT2D eigenvalue weighted by molar-refractivity contribution is 5.92. The standard InChI is InChI=1S/C18H18N6O/c1-13-23-16(18(25)22-11-14-4-7-19-8-5-14)9-17(24-13)21-12-15-3-2-6-20-10-15/h2-10H,11-12H2,1H3,(H,22,25)(H,21,23,24). The summed E-state index contributed by atoms with van der Waals surface area (Å²) in [6.45, 7) is 2.75. The van der Waals surface area contributed by atoms with Crippen LogP contribution in [0.3, 0.4) is 0 Å². The molecule has 0 aliphatic carbocycles. The lowest BCUT2D eigenvalue weighted by Gasteiger charge is -2.09. The third-order valence-corrected chi connectivity index (χ3v) is 3.47. The van der Waals surface area contributed by atoms with E-state index in [1.165, 1.54) is 0 Å². The van der Waals surface area contributed by atoms with Crippen molar-refractivity contribution in [1.29, 1.82) is 0 Å². The maximum Gasteiger partial charge on any atom is 0.270 e. The van der Waals surface area contributed by atoms with Crippen molar-refractivity contribution in [3.8, 4) is 0 Å². The van der Waals surface area contributed by atoms with E-state index in [9.17, 15) is 4.79 Å². The van der Waals surface area contributed by atoms with Crippen LogP contribution in [0.15, 0.2) is 55.1 Å². The fourth-order valence-corrected chi connectivity index (χ4v) is 2.24. The summed E-state index contributed by atoms with van der Waals surface area (Å²) in [6, 6.07) is 9.20. The lowest BCUT2D eigenvalue weighted by atomic mass is 10.2. The Morgan fingerprint density at radius 3 is 2.60 bits per heavy atom. The smallest absolute Gasteiger partial charge is 0.270 e. The van der Waals surface area contributed by atoms with Crippen molar-refractivity contribution >= 4 is 11.7 Å². The molecule has 1 amide bonds. The number of hydrogen-bond acceptors (Lipinski definition) is 6. The number of amides is 1. The summed E-state index contributed by atoms with van der Waals surface area (Å²) in [5, 5.41) is 6.04. The third kappa shape index (κ3) is 4.81. The monoisotopic (exact) mass is 334 g/mol. The second kappa shape index (κ2) is 7.96. The van der Waals surface area contributed by atoms with Gasteiger partial charge in [-0.05, 0) is 36.2 Å². The van der Waals surface area contributed by atoms with Crippen molar-refractivity contribution in [3.05, 3.63) is 77.8 Å². The van der Waals surface area contributed by atoms with Crippen molar-refractivity contribution in [2.75, 3.05) is 5.32 Å². The van der Waals surface area contributed by atoms with Gasteiger partial charge in [0.2, 0.25) is 0 Å². The van der Waals surface area contributed by atoms with Gasteiger partial charge in [-0.2, -0.15) is 0 Å². The average molecular weight is 334 g/mol. The molecular formula is C18H18N6O. The van der Waals surface area contributed by atoms with Gasteiger partial charge in [-0.15, -0.1) is 0 Å². The summed E-state index contributed by atoms with van der Waals surface area (Å²) in [5.74, 6) is 0.891. The second-order valence-electron chi connectivity index (χ2n) is 5.44. The molecule has 0 radical (unpaired) electrons. The first-order valence-electron chi connectivity index (χ1n) is 7.86. The lowest BCUT2D eigenvalue weighted by molar-refractivity contribution is 0.0945. The molecule has 3 heterocycles. The first-order chi connectivity index (χ1) is 12.2. The Morgan fingerprint density at radius 1 is 1.00 bits per heavy atom. The Morgan fingerprint density at radius 2 is 1.84 bits per heavy atom. The van der Waals surface area contributed by atoms with E-state index >= 15 is 0 Å². The second-order valence-corrected chi connectivity index (χ2v) is 5.44. The summed E-state index contributed by atoms with van der Waals surface area (Å²) in [5.41, 5.74) is 2.33. The van der Waals surface area contributed by atoms with E-state index in [0.29, 0.717) is 30.4 Å². The Labute approximate surface area is 145 Å². The van der Waals surface area contributed by atoms with Gasteiger partial charge in [-0.3, -0.25) is 14.8 Å². The molecule has 7 nitrogen and oxygen atoms in total. The zero-order chi connectivity index (χ0) is 17.5. The van der Waals surface area contributed by atoms with Gasteiger partial charge in [0.15, 0.2) is 0 Å². The van der Waals surface area contributed by atoms with Crippen LogP contribution in [0.25, 0.3) is 0 Å². The van der Waals surface area contributed by atoms with E-state index in [1.807, 2.05) is 24.3 Å². The molecule has 0 spiro atoms. The highest BCUT2D eigenvalue weighted by Crippen LogP contribution is 2.09. The normalized spacial score (nSPS) is 10.3. The fourth-order valence-electron chi connectivity index (χ4n) is 2.24. The molecule has 0 bridgehead atoms. The summed E-state index contributed by atoms with van der Waals surface area (Å²) in [4.78, 5) is 28.9. The number of carbonyl (C=O) groups excluding carboxylic acids is 1. The molecule has 2 N–H and O–H groups in total. The number of hydrogen-bond donors (Lipinski definition) is 2. The van der Waals surface area contributed by atoms with Crippen LogP contribution in [-0.4, -0.2) is 25.8 Å². The van der Waals surface area contributed by atoms with Gasteiger partial charge in [0, 0.05) is 43.9 Å². The van der Waals surface area contributed by atoms with E-state index < -0.39 is 0 Å². The van der Waals surface area contributed by atoms with E-state index in [-0.39, 0.29) is 5.91 Å². The summed E-state index contributed by atoms with van der Waals surface area (Å²) < 4.78 is 0. The quantitative estimate of drug-likeness (QED) is 0.717. The van der Waals surface area contributed by atoms with Gasteiger partial charge in [0.25, 0.3) is 5.91 Å². The largest absolute Gasteiger partial charge is 0.366 e. The van der Waals surface area contributed by atoms with Crippen LogP contribution in [0.4, 0.5) is 5.82 Å². The van der Waals surface area contributed by atoms with Crippen LogP contribution in [-0.2, 0) is 13.1 Å². The average Bonchev–Trinajstić information content (AvgIpc) is 2.66. The third-order valence-electron chi connectivity index (χ3n) is 3.47. The number of anilines is 1. The maximum atomic E-state index is 12.3. The van der Waals surface area contributed by atoms with E-state index in [1.54, 1.807) is 37.8 Å². The fraction of sp³-hybridized carbons (Fsp3) is 0.167. The van der Waals surface area contributed by atoms with E-state index in [4.69, 9.17) is 0 Å². The molecule has 0 aliphatic heterocycles. The SMILES string of the molecule is Cc1nc(NCc2cccnc2)cc(C(=O)NCc2ccncc2)n1. The van der Waals surface area contributed by atoms with Crippen LogP contribution < -0.4 is 10.6 Å². The van der Waals surface area contributed by atoms with Crippen LogP contribution in [0.5, 0.6) is 0 Å². The summed E-state index contributed by atoms with van der Waals surface area (Å²) >= 11 is 0. The van der Waals surface area contributed by atoms with Crippen LogP contribution in [0.1, 0.15) is 27.4 Å². The van der Waals surface area contributed by atoms with E-state index in [0.717, 1.165) is 11.1 Å². The summed E-state index contributed by atoms with van der Waals surface area (Å²) in [6.07, 6.45) is 6.89. The number of rotatable bonds is 6. The Balaban J connectivity index is 1.65. The lowest BCUT2D eigenvalue weighted by Crippen LogP contribution is -2.24. The van der Waals surface area contributed by atoms with Gasteiger partial charge in [-0.1, -0.05) is 6.07 Å². The molecule has 0 aromatic carbocycles. The molecular weight excluding hydrogens is 316 g/mol. The van der Waals surface area contributed by atoms with Crippen molar-refractivity contribution < 1.29 is 4.79 Å². The van der Waals surface area contributed by atoms with Crippen molar-refractivity contribution in [3.63, 3.8) is 0 Å². The van der Waals surface area contributed by atoms with Gasteiger partial charge in [0.05, 0.1) is 0 Å². The van der Waals surface area contributed by atoms with Gasteiger partial charge in [-0.25, -0.2) is 9.97 Å². The molecule has 3 aromatic heterocycles. The topological polar surface area (TPSA) is 92.7 Å². The highest BCUT2D eigenvalue weighted by Gasteiger charge is 2.10. The molecule has 0 saturated heterocycles. The molecule has 0 atom stereocenters. The molecule has 0 unspecified atom stereocenters. The van der Waals surface area contributed by atoms with E-state index in [2.05, 4.69) is 30.6 Å². The Bertz CT molecular complexity index is 839. The van der Waals surface area contributed by atoms with Gasteiger partial charge >= 0.3 is 0 Å². The van der Waals surface area contributed by atoms with Gasteiger partial charge < -0.3 is 10.6 Å². The zero-order valence-electron chi connectivity index (χ0n) is 13.8. The molecule has 0 saturated carbocycles.